The van der Waals surface area contributed by atoms with Crippen molar-refractivity contribution in [2.75, 3.05) is 53.6 Å². The number of aliphatic hydroxyl groups excluding tert-OH is 1. The summed E-state index contributed by atoms with van der Waals surface area (Å²) in [5.74, 6) is -0.779. The summed E-state index contributed by atoms with van der Waals surface area (Å²) in [6.07, 6.45) is 1.60. The maximum absolute atomic E-state index is 13.1. The Hall–Kier alpha value is -3.43. The summed E-state index contributed by atoms with van der Waals surface area (Å²) in [6, 6.07) is 9.34. The molecule has 1 aromatic heterocycles. The summed E-state index contributed by atoms with van der Waals surface area (Å²) in [4.78, 5) is 34.2. The Morgan fingerprint density at radius 1 is 1.09 bits per heavy atom. The number of aliphatic hydroxyl groups is 1. The second-order valence-corrected chi connectivity index (χ2v) is 7.77. The third-order valence-electron chi connectivity index (χ3n) is 5.93. The van der Waals surface area contributed by atoms with Crippen molar-refractivity contribution in [2.45, 2.75) is 6.04 Å². The minimum absolute atomic E-state index is 0.00731. The molecule has 2 saturated heterocycles. The van der Waals surface area contributed by atoms with E-state index in [-0.39, 0.29) is 11.3 Å². The first-order valence-electron chi connectivity index (χ1n) is 10.8. The summed E-state index contributed by atoms with van der Waals surface area (Å²) in [5.41, 5.74) is 0.869. The lowest BCUT2D eigenvalue weighted by Gasteiger charge is -2.30. The molecule has 1 atom stereocenters. The first kappa shape index (κ1) is 22.8. The van der Waals surface area contributed by atoms with E-state index in [1.807, 2.05) is 0 Å². The van der Waals surface area contributed by atoms with Gasteiger partial charge in [-0.05, 0) is 30.3 Å². The van der Waals surface area contributed by atoms with Gasteiger partial charge >= 0.3 is 0 Å². The van der Waals surface area contributed by atoms with Gasteiger partial charge in [0, 0.05) is 37.9 Å². The van der Waals surface area contributed by atoms with Crippen LogP contribution in [0.3, 0.4) is 0 Å². The monoisotopic (exact) mass is 453 g/mol. The Labute approximate surface area is 192 Å². The fourth-order valence-electron chi connectivity index (χ4n) is 4.17. The molecule has 2 aliphatic heterocycles. The smallest absolute Gasteiger partial charge is 0.295 e. The molecule has 0 saturated carbocycles. The topological polar surface area (TPSA) is 101 Å². The van der Waals surface area contributed by atoms with E-state index in [1.165, 1.54) is 19.1 Å². The van der Waals surface area contributed by atoms with E-state index < -0.39 is 17.7 Å². The highest BCUT2D eigenvalue weighted by molar-refractivity contribution is 6.46. The van der Waals surface area contributed by atoms with Gasteiger partial charge in [0.1, 0.15) is 11.8 Å². The molecule has 0 unspecified atom stereocenters. The number of nitrogens with zero attached hydrogens (tertiary/aromatic N) is 3. The van der Waals surface area contributed by atoms with Gasteiger partial charge in [-0.2, -0.15) is 0 Å². The third kappa shape index (κ3) is 4.55. The summed E-state index contributed by atoms with van der Waals surface area (Å²) < 4.78 is 16.0. The molecular formula is C24H27N3O6. The Balaban J connectivity index is 1.73. The molecule has 1 N–H and O–H groups in total. The fourth-order valence-corrected chi connectivity index (χ4v) is 4.17. The molecule has 33 heavy (non-hydrogen) atoms. The second kappa shape index (κ2) is 10.0. The predicted molar refractivity (Wildman–Crippen MR) is 120 cm³/mol. The lowest BCUT2D eigenvalue weighted by Crippen LogP contribution is -2.42. The average Bonchev–Trinajstić information content (AvgIpc) is 3.12. The highest BCUT2D eigenvalue weighted by Gasteiger charge is 2.46. The van der Waals surface area contributed by atoms with Crippen LogP contribution >= 0.6 is 0 Å². The van der Waals surface area contributed by atoms with E-state index in [2.05, 4.69) is 9.88 Å². The van der Waals surface area contributed by atoms with Gasteiger partial charge in [-0.3, -0.25) is 19.5 Å². The molecule has 0 aliphatic carbocycles. The molecule has 174 valence electrons. The minimum atomic E-state index is -0.791. The Morgan fingerprint density at radius 2 is 1.85 bits per heavy atom. The zero-order valence-electron chi connectivity index (χ0n) is 18.7. The van der Waals surface area contributed by atoms with Crippen molar-refractivity contribution in [3.8, 4) is 11.5 Å². The lowest BCUT2D eigenvalue weighted by atomic mass is 9.98. The number of benzene rings is 1. The Bertz CT molecular complexity index is 1050. The van der Waals surface area contributed by atoms with Gasteiger partial charge in [-0.1, -0.05) is 6.07 Å². The number of Topliss-reactive ketones (excluding diaryl/α,β-unsaturated/α-hetero) is 1. The number of morpholine rings is 1. The molecule has 2 aliphatic rings. The van der Waals surface area contributed by atoms with Gasteiger partial charge in [0.25, 0.3) is 11.7 Å². The highest BCUT2D eigenvalue weighted by atomic mass is 16.5. The van der Waals surface area contributed by atoms with Crippen LogP contribution in [0.4, 0.5) is 0 Å². The van der Waals surface area contributed by atoms with Crippen LogP contribution in [-0.4, -0.2) is 85.2 Å². The van der Waals surface area contributed by atoms with Crippen molar-refractivity contribution in [1.82, 2.24) is 14.8 Å². The maximum Gasteiger partial charge on any atom is 0.295 e. The van der Waals surface area contributed by atoms with E-state index in [1.54, 1.807) is 42.6 Å². The molecule has 4 rings (SSSR count). The molecule has 1 aromatic carbocycles. The lowest BCUT2D eigenvalue weighted by molar-refractivity contribution is -0.140. The van der Waals surface area contributed by atoms with Crippen molar-refractivity contribution >= 4 is 17.4 Å². The Kier molecular flexibility index (Phi) is 6.90. The predicted octanol–water partition coefficient (Wildman–Crippen LogP) is 1.85. The van der Waals surface area contributed by atoms with Gasteiger partial charge in [-0.15, -0.1) is 0 Å². The van der Waals surface area contributed by atoms with Gasteiger partial charge in [0.05, 0.1) is 38.7 Å². The number of hydrogen-bond donors (Lipinski definition) is 1. The fraction of sp³-hybridized carbons (Fsp3) is 0.375. The summed E-state index contributed by atoms with van der Waals surface area (Å²) in [7, 11) is 3.00. The number of rotatable bonds is 7. The minimum Gasteiger partial charge on any atom is -0.507 e. The maximum atomic E-state index is 13.1. The first-order chi connectivity index (χ1) is 16.0. The number of likely N-dealkylation sites (tertiary alicyclic amines) is 1. The molecule has 0 radical (unpaired) electrons. The van der Waals surface area contributed by atoms with Crippen LogP contribution in [0.15, 0.2) is 48.2 Å². The van der Waals surface area contributed by atoms with Crippen LogP contribution in [0.5, 0.6) is 11.5 Å². The number of methoxy groups -OCH3 is 2. The molecule has 2 fully saturated rings. The summed E-state index contributed by atoms with van der Waals surface area (Å²) in [5, 5.41) is 11.2. The summed E-state index contributed by atoms with van der Waals surface area (Å²) >= 11 is 0. The number of amides is 1. The molecule has 9 nitrogen and oxygen atoms in total. The molecule has 9 heteroatoms. The van der Waals surface area contributed by atoms with Crippen LogP contribution in [0.2, 0.25) is 0 Å². The molecule has 0 bridgehead atoms. The number of aromatic nitrogens is 1. The number of pyridine rings is 1. The number of hydrogen-bond acceptors (Lipinski definition) is 8. The van der Waals surface area contributed by atoms with Crippen LogP contribution in [0.1, 0.15) is 17.3 Å². The van der Waals surface area contributed by atoms with Crippen LogP contribution in [-0.2, 0) is 14.3 Å². The average molecular weight is 453 g/mol. The standard InChI is InChI=1S/C24H27N3O6/c1-31-18-7-6-16(15-19(18)32-2)22(28)20-21(17-5-3-4-8-25-17)27(24(30)23(20)29)10-9-26-11-13-33-14-12-26/h3-8,15,21,28H,9-14H2,1-2H3/t21-/m1/s1. The quantitative estimate of drug-likeness (QED) is 0.385. The molecule has 2 aromatic rings. The SMILES string of the molecule is COc1ccc(C(O)=C2C(=O)C(=O)N(CCN3CCOCC3)[C@@H]2c2ccccn2)cc1OC. The molecule has 3 heterocycles. The first-order valence-corrected chi connectivity index (χ1v) is 10.8. The highest BCUT2D eigenvalue weighted by Crippen LogP contribution is 2.39. The largest absolute Gasteiger partial charge is 0.507 e. The van der Waals surface area contributed by atoms with E-state index in [0.717, 1.165) is 13.1 Å². The van der Waals surface area contributed by atoms with Crippen molar-refractivity contribution < 1.29 is 28.9 Å². The zero-order valence-corrected chi connectivity index (χ0v) is 18.7. The van der Waals surface area contributed by atoms with Gasteiger partial charge in [0.15, 0.2) is 11.5 Å². The van der Waals surface area contributed by atoms with Gasteiger partial charge < -0.3 is 24.2 Å². The van der Waals surface area contributed by atoms with Crippen LogP contribution < -0.4 is 9.47 Å². The van der Waals surface area contributed by atoms with E-state index in [4.69, 9.17) is 14.2 Å². The van der Waals surface area contributed by atoms with Crippen molar-refractivity contribution in [1.29, 1.82) is 0 Å². The number of ketones is 1. The van der Waals surface area contributed by atoms with Gasteiger partial charge in [-0.25, -0.2) is 0 Å². The number of carbonyl (C=O) groups is 2. The van der Waals surface area contributed by atoms with E-state index >= 15 is 0 Å². The van der Waals surface area contributed by atoms with Crippen molar-refractivity contribution in [2.24, 2.45) is 0 Å². The number of carbonyl (C=O) groups excluding carboxylic acids is 2. The zero-order chi connectivity index (χ0) is 23.4. The Morgan fingerprint density at radius 3 is 2.52 bits per heavy atom. The van der Waals surface area contributed by atoms with Crippen LogP contribution in [0, 0.1) is 0 Å². The summed E-state index contributed by atoms with van der Waals surface area (Å²) in [6.45, 7) is 3.74. The third-order valence-corrected chi connectivity index (χ3v) is 5.93. The number of ether oxygens (including phenoxy) is 3. The van der Waals surface area contributed by atoms with E-state index in [9.17, 15) is 14.7 Å². The van der Waals surface area contributed by atoms with Crippen molar-refractivity contribution in [3.05, 3.63) is 59.4 Å². The normalized spacial score (nSPS) is 20.8. The van der Waals surface area contributed by atoms with Gasteiger partial charge in [0.2, 0.25) is 0 Å². The van der Waals surface area contributed by atoms with E-state index in [0.29, 0.717) is 49.1 Å². The van der Waals surface area contributed by atoms with Crippen LogP contribution in [0.25, 0.3) is 5.76 Å². The molecule has 0 spiro atoms. The van der Waals surface area contributed by atoms with Crippen molar-refractivity contribution in [3.63, 3.8) is 0 Å². The molecule has 1 amide bonds. The molecular weight excluding hydrogens is 426 g/mol. The second-order valence-electron chi connectivity index (χ2n) is 7.77.